The van der Waals surface area contributed by atoms with Crippen molar-refractivity contribution in [2.45, 2.75) is 33.1 Å². The maximum Gasteiger partial charge on any atom is 0.165 e. The van der Waals surface area contributed by atoms with Crippen molar-refractivity contribution in [1.82, 2.24) is 4.98 Å². The van der Waals surface area contributed by atoms with Crippen molar-refractivity contribution in [3.8, 4) is 0 Å². The van der Waals surface area contributed by atoms with Crippen molar-refractivity contribution in [2.24, 2.45) is 11.3 Å². The smallest absolute Gasteiger partial charge is 0.165 e. The number of nitrogens with one attached hydrogen (secondary N) is 1. The summed E-state index contributed by atoms with van der Waals surface area (Å²) in [5.74, 6) is 0.614. The number of hydrogen-bond donors (Lipinski definition) is 1. The second-order valence-electron chi connectivity index (χ2n) is 5.92. The molecule has 0 aliphatic heterocycles. The Labute approximate surface area is 106 Å². The van der Waals surface area contributed by atoms with E-state index in [0.29, 0.717) is 18.8 Å². The first-order valence-electron chi connectivity index (χ1n) is 6.46. The first-order chi connectivity index (χ1) is 8.52. The number of hydrogen-bond acceptors (Lipinski definition) is 2. The van der Waals surface area contributed by atoms with E-state index < -0.39 is 5.41 Å². The van der Waals surface area contributed by atoms with E-state index in [1.165, 1.54) is 0 Å². The maximum atomic E-state index is 12.2. The van der Waals surface area contributed by atoms with E-state index in [9.17, 15) is 9.59 Å². The molecule has 3 rings (SSSR count). The third-order valence-electron chi connectivity index (χ3n) is 4.00. The number of carbonyl (C=O) groups is 2. The summed E-state index contributed by atoms with van der Waals surface area (Å²) in [7, 11) is 0. The molecule has 3 heteroatoms. The van der Waals surface area contributed by atoms with Crippen LogP contribution in [-0.2, 0) is 11.2 Å². The van der Waals surface area contributed by atoms with E-state index in [1.807, 2.05) is 19.1 Å². The van der Waals surface area contributed by atoms with Gasteiger partial charge in [-0.1, -0.05) is 19.1 Å². The summed E-state index contributed by atoms with van der Waals surface area (Å²) in [4.78, 5) is 26.7. The lowest BCUT2D eigenvalue weighted by Crippen LogP contribution is -2.35. The van der Waals surface area contributed by atoms with Gasteiger partial charge in [-0.15, -0.1) is 0 Å². The molecule has 2 unspecified atom stereocenters. The lowest BCUT2D eigenvalue weighted by Gasteiger charge is -2.19. The number of H-pyrrole nitrogens is 1. The Kier molecular flexibility index (Phi) is 2.34. The van der Waals surface area contributed by atoms with E-state index in [0.717, 1.165) is 34.5 Å². The first-order valence-corrected chi connectivity index (χ1v) is 6.46. The van der Waals surface area contributed by atoms with Crippen LogP contribution in [0.25, 0.3) is 12.2 Å². The Hall–Kier alpha value is -1.64. The number of fused-ring (bicyclic) bond motifs is 3. The summed E-state index contributed by atoms with van der Waals surface area (Å²) in [6.07, 6.45) is 7.21. The summed E-state index contributed by atoms with van der Waals surface area (Å²) in [5, 5.41) is 1.96. The second-order valence-corrected chi connectivity index (χ2v) is 5.92. The largest absolute Gasteiger partial charge is 0.358 e. The molecule has 0 bridgehead atoms. The average molecular weight is 243 g/mol. The van der Waals surface area contributed by atoms with Crippen LogP contribution in [0.5, 0.6) is 0 Å². The zero-order valence-corrected chi connectivity index (χ0v) is 10.7. The molecule has 0 spiro atoms. The van der Waals surface area contributed by atoms with E-state index in [1.54, 1.807) is 0 Å². The number of aromatic amines is 1. The van der Waals surface area contributed by atoms with E-state index in [2.05, 4.69) is 11.9 Å². The topological polar surface area (TPSA) is 49.9 Å². The van der Waals surface area contributed by atoms with Crippen molar-refractivity contribution in [1.29, 1.82) is 0 Å². The molecule has 94 valence electrons. The fourth-order valence-electron chi connectivity index (χ4n) is 3.00. The van der Waals surface area contributed by atoms with E-state index in [-0.39, 0.29) is 5.78 Å². The first kappa shape index (κ1) is 11.5. The van der Waals surface area contributed by atoms with E-state index in [4.69, 9.17) is 0 Å². The monoisotopic (exact) mass is 243 g/mol. The van der Waals surface area contributed by atoms with Gasteiger partial charge >= 0.3 is 0 Å². The molecule has 0 saturated heterocycles. The van der Waals surface area contributed by atoms with Gasteiger partial charge in [0, 0.05) is 33.7 Å². The number of carbonyl (C=O) groups excluding carboxylic acids is 2. The fourth-order valence-corrected chi connectivity index (χ4v) is 3.00. The van der Waals surface area contributed by atoms with E-state index >= 15 is 0 Å². The van der Waals surface area contributed by atoms with Crippen LogP contribution < -0.4 is 10.6 Å². The Morgan fingerprint density at radius 3 is 2.94 bits per heavy atom. The van der Waals surface area contributed by atoms with Crippen LogP contribution in [-0.4, -0.2) is 17.1 Å². The van der Waals surface area contributed by atoms with Crippen molar-refractivity contribution in [3.05, 3.63) is 21.8 Å². The molecule has 2 atom stereocenters. The molecule has 0 amide bonds. The van der Waals surface area contributed by atoms with Gasteiger partial charge in [-0.2, -0.15) is 0 Å². The minimum atomic E-state index is -0.466. The minimum Gasteiger partial charge on any atom is -0.358 e. The molecule has 0 radical (unpaired) electrons. The number of rotatable bonds is 1. The van der Waals surface area contributed by atoms with Crippen molar-refractivity contribution in [2.75, 3.05) is 0 Å². The number of aldehydes is 1. The molecular formula is C15H17NO2. The highest BCUT2D eigenvalue weighted by atomic mass is 16.1. The predicted octanol–water partition coefficient (Wildman–Crippen LogP) is 0.950. The molecule has 1 aromatic rings. The quantitative estimate of drug-likeness (QED) is 0.747. The molecule has 3 nitrogen and oxygen atoms in total. The molecule has 2 aliphatic carbocycles. The van der Waals surface area contributed by atoms with Gasteiger partial charge < -0.3 is 9.78 Å². The fraction of sp³-hybridized carbons (Fsp3) is 0.467. The van der Waals surface area contributed by atoms with Gasteiger partial charge in [-0.05, 0) is 25.7 Å². The van der Waals surface area contributed by atoms with Crippen LogP contribution in [0, 0.1) is 11.3 Å². The number of ketones is 1. The van der Waals surface area contributed by atoms with Crippen LogP contribution in [0.3, 0.4) is 0 Å². The van der Waals surface area contributed by atoms with Gasteiger partial charge in [-0.25, -0.2) is 0 Å². The van der Waals surface area contributed by atoms with Gasteiger partial charge in [0.25, 0.3) is 0 Å². The zero-order chi connectivity index (χ0) is 12.9. The van der Waals surface area contributed by atoms with Crippen LogP contribution in [0.1, 0.15) is 42.7 Å². The van der Waals surface area contributed by atoms with Crippen LogP contribution >= 0.6 is 0 Å². The van der Waals surface area contributed by atoms with Crippen LogP contribution in [0.2, 0.25) is 0 Å². The summed E-state index contributed by atoms with van der Waals surface area (Å²) >= 11 is 0. The minimum absolute atomic E-state index is 0.209. The summed E-state index contributed by atoms with van der Waals surface area (Å²) in [6.45, 7) is 4.01. The second kappa shape index (κ2) is 3.67. The zero-order valence-electron chi connectivity index (χ0n) is 10.7. The molecule has 1 heterocycles. The Morgan fingerprint density at radius 1 is 1.44 bits per heavy atom. The third kappa shape index (κ3) is 1.57. The number of aromatic nitrogens is 1. The summed E-state index contributed by atoms with van der Waals surface area (Å²) < 4.78 is 0. The molecule has 18 heavy (non-hydrogen) atoms. The lowest BCUT2D eigenvalue weighted by molar-refractivity contribution is -0.112. The Balaban J connectivity index is 2.28. The SMILES string of the molecule is CC1CC(=O)c2c([nH]c3c2=CC(C)(C=O)CC=3)C1. The summed E-state index contributed by atoms with van der Waals surface area (Å²) in [6, 6.07) is 0. The van der Waals surface area contributed by atoms with Gasteiger partial charge in [0.05, 0.1) is 0 Å². The van der Waals surface area contributed by atoms with Crippen molar-refractivity contribution < 1.29 is 9.59 Å². The molecule has 2 aliphatic rings. The average Bonchev–Trinajstić information content (AvgIpc) is 2.66. The van der Waals surface area contributed by atoms with Gasteiger partial charge in [0.1, 0.15) is 6.29 Å². The molecular weight excluding hydrogens is 226 g/mol. The molecule has 1 N–H and O–H groups in total. The van der Waals surface area contributed by atoms with Crippen LogP contribution in [0.4, 0.5) is 0 Å². The molecule has 0 aromatic carbocycles. The van der Waals surface area contributed by atoms with Crippen LogP contribution in [0.15, 0.2) is 0 Å². The highest BCUT2D eigenvalue weighted by Gasteiger charge is 2.29. The standard InChI is InChI=1S/C15H17NO2/c1-9-5-12-14(13(18)6-9)10-7-15(2,8-17)4-3-11(10)16-12/h3,7-9,16H,4-6H2,1-2H3. The van der Waals surface area contributed by atoms with Crippen molar-refractivity contribution in [3.63, 3.8) is 0 Å². The molecule has 0 saturated carbocycles. The highest BCUT2D eigenvalue weighted by Crippen LogP contribution is 2.25. The molecule has 0 fully saturated rings. The Morgan fingerprint density at radius 2 is 2.22 bits per heavy atom. The van der Waals surface area contributed by atoms with Crippen molar-refractivity contribution >= 4 is 24.2 Å². The highest BCUT2D eigenvalue weighted by molar-refractivity contribution is 5.99. The summed E-state index contributed by atoms with van der Waals surface area (Å²) in [5.41, 5.74) is 1.41. The normalized spacial score (nSPS) is 29.9. The van der Waals surface area contributed by atoms with Gasteiger partial charge in [0.15, 0.2) is 5.78 Å². The predicted molar refractivity (Wildman–Crippen MR) is 69.6 cm³/mol. The third-order valence-corrected chi connectivity index (χ3v) is 4.00. The maximum absolute atomic E-state index is 12.2. The molecule has 1 aromatic heterocycles. The number of Topliss-reactive ketones (excluding diaryl/α,β-unsaturated/α-hetero) is 1. The van der Waals surface area contributed by atoms with Gasteiger partial charge in [0.2, 0.25) is 0 Å². The lowest BCUT2D eigenvalue weighted by atomic mass is 9.82. The van der Waals surface area contributed by atoms with Gasteiger partial charge in [-0.3, -0.25) is 4.79 Å². The Bertz CT molecular complexity index is 653.